The van der Waals surface area contributed by atoms with Crippen LogP contribution < -0.4 is 10.1 Å². The highest BCUT2D eigenvalue weighted by Gasteiger charge is 2.19. The Balaban J connectivity index is 1.50. The van der Waals surface area contributed by atoms with Crippen LogP contribution in [0.3, 0.4) is 0 Å². The molecule has 0 aliphatic heterocycles. The van der Waals surface area contributed by atoms with Crippen LogP contribution in [0.2, 0.25) is 0 Å². The Kier molecular flexibility index (Phi) is 5.03. The third kappa shape index (κ3) is 3.85. The molecule has 1 atom stereocenters. The van der Waals surface area contributed by atoms with Gasteiger partial charge in [-0.2, -0.15) is 5.10 Å². The fourth-order valence-electron chi connectivity index (χ4n) is 3.36. The molecule has 1 amide bonds. The Labute approximate surface area is 168 Å². The largest absolute Gasteiger partial charge is 0.497 e. The van der Waals surface area contributed by atoms with Gasteiger partial charge < -0.3 is 15.0 Å². The van der Waals surface area contributed by atoms with E-state index in [2.05, 4.69) is 25.5 Å². The van der Waals surface area contributed by atoms with E-state index < -0.39 is 0 Å². The number of fused-ring (bicyclic) bond motifs is 1. The average molecular weight is 389 g/mol. The highest BCUT2D eigenvalue weighted by Crippen LogP contribution is 2.26. The number of amides is 1. The molecule has 29 heavy (non-hydrogen) atoms. The van der Waals surface area contributed by atoms with Crippen molar-refractivity contribution in [3.8, 4) is 17.0 Å². The molecule has 2 aromatic carbocycles. The van der Waals surface area contributed by atoms with Gasteiger partial charge in [-0.05, 0) is 50.2 Å². The molecule has 0 spiro atoms. The van der Waals surface area contributed by atoms with E-state index in [0.29, 0.717) is 0 Å². The summed E-state index contributed by atoms with van der Waals surface area (Å²) in [5.41, 5.74) is 5.30. The number of hydrogen-bond donors (Lipinski definition) is 3. The van der Waals surface area contributed by atoms with E-state index in [4.69, 9.17) is 4.74 Å². The number of benzene rings is 2. The number of rotatable bonds is 6. The Morgan fingerprint density at radius 3 is 2.66 bits per heavy atom. The van der Waals surface area contributed by atoms with Gasteiger partial charge in [0, 0.05) is 16.8 Å². The first kappa shape index (κ1) is 18.7. The zero-order valence-corrected chi connectivity index (χ0v) is 16.6. The van der Waals surface area contributed by atoms with E-state index in [1.54, 1.807) is 7.11 Å². The van der Waals surface area contributed by atoms with Crippen LogP contribution in [0.1, 0.15) is 30.0 Å². The molecule has 2 aromatic heterocycles. The minimum absolute atomic E-state index is 0.0859. The van der Waals surface area contributed by atoms with E-state index >= 15 is 0 Å². The van der Waals surface area contributed by atoms with Gasteiger partial charge in [0.2, 0.25) is 5.91 Å². The Hall–Kier alpha value is -3.61. The molecule has 0 aliphatic rings. The van der Waals surface area contributed by atoms with Crippen LogP contribution in [-0.4, -0.2) is 33.2 Å². The number of aryl methyl sites for hydroxylation is 1. The molecule has 7 nitrogen and oxygen atoms in total. The summed E-state index contributed by atoms with van der Waals surface area (Å²) < 4.78 is 5.21. The topological polar surface area (TPSA) is 95.7 Å². The van der Waals surface area contributed by atoms with Crippen molar-refractivity contribution in [3.05, 3.63) is 65.6 Å². The maximum absolute atomic E-state index is 12.7. The van der Waals surface area contributed by atoms with Crippen molar-refractivity contribution in [3.63, 3.8) is 0 Å². The molecule has 0 bridgehead atoms. The second-order valence-electron chi connectivity index (χ2n) is 7.01. The predicted octanol–water partition coefficient (Wildman–Crippen LogP) is 3.69. The lowest BCUT2D eigenvalue weighted by atomic mass is 10.0. The van der Waals surface area contributed by atoms with Gasteiger partial charge in [0.15, 0.2) is 0 Å². The summed E-state index contributed by atoms with van der Waals surface area (Å²) in [6, 6.07) is 15.2. The molecule has 0 fully saturated rings. The third-order valence-electron chi connectivity index (χ3n) is 4.97. The minimum Gasteiger partial charge on any atom is -0.497 e. The zero-order chi connectivity index (χ0) is 20.4. The zero-order valence-electron chi connectivity index (χ0n) is 16.6. The average Bonchev–Trinajstić information content (AvgIpc) is 3.32. The molecule has 0 aliphatic carbocycles. The van der Waals surface area contributed by atoms with E-state index in [9.17, 15) is 4.79 Å². The third-order valence-corrected chi connectivity index (χ3v) is 4.97. The molecule has 148 valence electrons. The number of methoxy groups -OCH3 is 1. The molecule has 7 heteroatoms. The molecule has 4 aromatic rings. The molecule has 4 rings (SSSR count). The number of hydrogen-bond acceptors (Lipinski definition) is 4. The number of aromatic nitrogens is 4. The Morgan fingerprint density at radius 1 is 1.17 bits per heavy atom. The summed E-state index contributed by atoms with van der Waals surface area (Å²) in [6.45, 7) is 3.84. The van der Waals surface area contributed by atoms with E-state index in [-0.39, 0.29) is 18.4 Å². The molecule has 0 saturated heterocycles. The fraction of sp³-hybridized carbons (Fsp3) is 0.227. The first-order valence-corrected chi connectivity index (χ1v) is 9.47. The van der Waals surface area contributed by atoms with E-state index in [1.807, 2.05) is 62.4 Å². The van der Waals surface area contributed by atoms with E-state index in [0.717, 1.165) is 45.1 Å². The molecule has 2 heterocycles. The predicted molar refractivity (Wildman–Crippen MR) is 112 cm³/mol. The van der Waals surface area contributed by atoms with Crippen molar-refractivity contribution < 1.29 is 9.53 Å². The quantitative estimate of drug-likeness (QED) is 0.469. The summed E-state index contributed by atoms with van der Waals surface area (Å²) >= 11 is 0. The van der Waals surface area contributed by atoms with Gasteiger partial charge in [-0.25, -0.2) is 4.98 Å². The van der Waals surface area contributed by atoms with Gasteiger partial charge in [-0.1, -0.05) is 12.1 Å². The first-order chi connectivity index (χ1) is 14.0. The van der Waals surface area contributed by atoms with Gasteiger partial charge in [0.05, 0.1) is 36.3 Å². The number of nitrogens with one attached hydrogen (secondary N) is 3. The number of carbonyl (C=O) groups is 1. The fourth-order valence-corrected chi connectivity index (χ4v) is 3.36. The van der Waals surface area contributed by atoms with Crippen molar-refractivity contribution in [2.45, 2.75) is 26.3 Å². The number of nitrogens with zero attached hydrogens (tertiary/aromatic N) is 2. The van der Waals surface area contributed by atoms with Crippen LogP contribution in [0.25, 0.3) is 22.3 Å². The number of H-pyrrole nitrogens is 2. The summed E-state index contributed by atoms with van der Waals surface area (Å²) in [6.07, 6.45) is 0.230. The molecule has 1 unspecified atom stereocenters. The molecular weight excluding hydrogens is 366 g/mol. The van der Waals surface area contributed by atoms with Crippen LogP contribution in [0.4, 0.5) is 0 Å². The summed E-state index contributed by atoms with van der Waals surface area (Å²) in [5, 5.41) is 10.4. The lowest BCUT2D eigenvalue weighted by Gasteiger charge is -2.12. The van der Waals surface area contributed by atoms with Crippen molar-refractivity contribution in [1.82, 2.24) is 25.5 Å². The smallest absolute Gasteiger partial charge is 0.225 e. The van der Waals surface area contributed by atoms with Gasteiger partial charge in [0.25, 0.3) is 0 Å². The normalized spacial score (nSPS) is 12.1. The van der Waals surface area contributed by atoms with Crippen molar-refractivity contribution in [2.24, 2.45) is 0 Å². The summed E-state index contributed by atoms with van der Waals surface area (Å²) in [7, 11) is 1.63. The number of imidazole rings is 1. The van der Waals surface area contributed by atoms with Crippen molar-refractivity contribution in [1.29, 1.82) is 0 Å². The highest BCUT2D eigenvalue weighted by atomic mass is 16.5. The van der Waals surface area contributed by atoms with Crippen LogP contribution in [0, 0.1) is 6.92 Å². The maximum atomic E-state index is 12.7. The van der Waals surface area contributed by atoms with Crippen LogP contribution in [-0.2, 0) is 11.2 Å². The van der Waals surface area contributed by atoms with Crippen LogP contribution in [0.15, 0.2) is 48.5 Å². The maximum Gasteiger partial charge on any atom is 0.225 e. The summed E-state index contributed by atoms with van der Waals surface area (Å²) in [4.78, 5) is 20.6. The van der Waals surface area contributed by atoms with Gasteiger partial charge in [-0.15, -0.1) is 0 Å². The van der Waals surface area contributed by atoms with Gasteiger partial charge >= 0.3 is 0 Å². The monoisotopic (exact) mass is 389 g/mol. The Morgan fingerprint density at radius 2 is 1.93 bits per heavy atom. The lowest BCUT2D eigenvalue weighted by molar-refractivity contribution is -0.121. The molecule has 3 N–H and O–H groups in total. The number of carbonyl (C=O) groups excluding carboxylic acids is 1. The lowest BCUT2D eigenvalue weighted by Crippen LogP contribution is -2.29. The molecule has 0 radical (unpaired) electrons. The molecule has 0 saturated carbocycles. The van der Waals surface area contributed by atoms with Crippen LogP contribution in [0.5, 0.6) is 5.75 Å². The number of aromatic amines is 2. The van der Waals surface area contributed by atoms with Crippen molar-refractivity contribution >= 4 is 16.9 Å². The second-order valence-corrected chi connectivity index (χ2v) is 7.01. The van der Waals surface area contributed by atoms with E-state index in [1.165, 1.54) is 0 Å². The standard InChI is InChI=1S/C22H23N5O2/c1-13-17(21(27-26-13)15-8-10-16(29-3)11-9-15)12-20(28)23-14(2)22-24-18-6-4-5-7-19(18)25-22/h4-11,14H,12H2,1-3H3,(H,23,28)(H,24,25)(H,26,27). The Bertz CT molecular complexity index is 1110. The SMILES string of the molecule is COc1ccc(-c2n[nH]c(C)c2CC(=O)NC(C)c2nc3ccccc3[nH]2)cc1. The van der Waals surface area contributed by atoms with Crippen molar-refractivity contribution in [2.75, 3.05) is 7.11 Å². The van der Waals surface area contributed by atoms with Crippen LogP contribution >= 0.6 is 0 Å². The molecular formula is C22H23N5O2. The second kappa shape index (κ2) is 7.79. The van der Waals surface area contributed by atoms with Gasteiger partial charge in [-0.3, -0.25) is 9.89 Å². The summed E-state index contributed by atoms with van der Waals surface area (Å²) in [5.74, 6) is 1.43. The minimum atomic E-state index is -0.230. The van der Waals surface area contributed by atoms with Gasteiger partial charge in [0.1, 0.15) is 11.6 Å². The number of para-hydroxylation sites is 2. The first-order valence-electron chi connectivity index (χ1n) is 9.47. The number of ether oxygens (including phenoxy) is 1. The highest BCUT2D eigenvalue weighted by molar-refractivity contribution is 5.82.